The lowest BCUT2D eigenvalue weighted by atomic mass is 9.85. The van der Waals surface area contributed by atoms with Gasteiger partial charge in [-0.1, -0.05) is 12.1 Å². The van der Waals surface area contributed by atoms with Crippen LogP contribution in [-0.2, 0) is 26.5 Å². The van der Waals surface area contributed by atoms with Crippen LogP contribution in [-0.4, -0.2) is 96.8 Å². The molecule has 42 heavy (non-hydrogen) atoms. The van der Waals surface area contributed by atoms with Crippen molar-refractivity contribution >= 4 is 17.9 Å². The van der Waals surface area contributed by atoms with Crippen LogP contribution in [0.2, 0.25) is 0 Å². The maximum Gasteiger partial charge on any atom is 0.336 e. The number of carbonyl (C=O) groups is 3. The molecule has 2 aromatic rings. The topological polar surface area (TPSA) is 209 Å². The highest BCUT2D eigenvalue weighted by Crippen LogP contribution is 2.38. The second kappa shape index (κ2) is 15.8. The number of benzene rings is 1. The summed E-state index contributed by atoms with van der Waals surface area (Å²) in [6.45, 7) is 9.79. The third-order valence-electron chi connectivity index (χ3n) is 6.40. The summed E-state index contributed by atoms with van der Waals surface area (Å²) in [7, 11) is 0. The van der Waals surface area contributed by atoms with Crippen LogP contribution < -0.4 is 14.2 Å². The molecule has 14 nitrogen and oxygen atoms in total. The van der Waals surface area contributed by atoms with E-state index < -0.39 is 42.0 Å². The van der Waals surface area contributed by atoms with Crippen molar-refractivity contribution in [1.82, 2.24) is 14.9 Å². The number of rotatable bonds is 14. The average Bonchev–Trinajstić information content (AvgIpc) is 2.91. The molecule has 3 rings (SSSR count). The lowest BCUT2D eigenvalue weighted by Gasteiger charge is -2.38. The molecule has 1 saturated heterocycles. The summed E-state index contributed by atoms with van der Waals surface area (Å²) >= 11 is 0. The molecule has 0 aliphatic carbocycles. The van der Waals surface area contributed by atoms with E-state index in [2.05, 4.69) is 27.0 Å². The van der Waals surface area contributed by atoms with Crippen LogP contribution in [0.5, 0.6) is 17.6 Å². The van der Waals surface area contributed by atoms with Gasteiger partial charge < -0.3 is 39.7 Å². The smallest absolute Gasteiger partial charge is 0.336 e. The molecule has 0 amide bonds. The summed E-state index contributed by atoms with van der Waals surface area (Å²) in [5, 5.41) is 45.1. The van der Waals surface area contributed by atoms with E-state index in [-0.39, 0.29) is 6.01 Å². The fourth-order valence-corrected chi connectivity index (χ4v) is 4.30. The van der Waals surface area contributed by atoms with Crippen molar-refractivity contribution in [2.45, 2.75) is 64.2 Å². The highest BCUT2D eigenvalue weighted by Gasteiger charge is 2.41. The van der Waals surface area contributed by atoms with Crippen molar-refractivity contribution in [2.24, 2.45) is 0 Å². The van der Waals surface area contributed by atoms with Gasteiger partial charge in [0.25, 0.3) is 0 Å². The number of hydrogen-bond donors (Lipinski definition) is 5. The fraction of sp³-hybridized carbons (Fsp3) is 0.536. The minimum absolute atomic E-state index is 0.274. The molecule has 1 fully saturated rings. The van der Waals surface area contributed by atoms with Gasteiger partial charge in [0.05, 0.1) is 43.8 Å². The summed E-state index contributed by atoms with van der Waals surface area (Å²) in [5.41, 5.74) is -1.86. The Hall–Kier alpha value is -4.01. The molecule has 1 aromatic carbocycles. The zero-order valence-corrected chi connectivity index (χ0v) is 24.0. The first-order valence-corrected chi connectivity index (χ1v) is 13.5. The molecule has 1 aromatic heterocycles. The first kappa shape index (κ1) is 34.2. The SMILES string of the molecule is CCOc1ccc(CN2CCC(O)(c3cnc(OCC)nc3OCC)CC2)cc1.O=C(O)CC(O)(CC(=O)O)C(=O)O. The minimum Gasteiger partial charge on any atom is -0.494 e. The lowest BCUT2D eigenvalue weighted by molar-refractivity contribution is -0.170. The lowest BCUT2D eigenvalue weighted by Crippen LogP contribution is -2.42. The molecule has 14 heteroatoms. The van der Waals surface area contributed by atoms with E-state index in [9.17, 15) is 19.5 Å². The molecule has 1 aliphatic heterocycles. The van der Waals surface area contributed by atoms with Crippen molar-refractivity contribution in [2.75, 3.05) is 32.9 Å². The van der Waals surface area contributed by atoms with Crippen LogP contribution in [0.3, 0.4) is 0 Å². The van der Waals surface area contributed by atoms with E-state index in [0.29, 0.717) is 44.1 Å². The second-order valence-electron chi connectivity index (χ2n) is 9.60. The van der Waals surface area contributed by atoms with Crippen LogP contribution in [0.4, 0.5) is 0 Å². The van der Waals surface area contributed by atoms with E-state index in [1.165, 1.54) is 5.56 Å². The maximum absolute atomic E-state index is 11.3. The van der Waals surface area contributed by atoms with Gasteiger partial charge in [-0.05, 0) is 51.3 Å². The number of aromatic nitrogens is 2. The number of hydrogen-bond acceptors (Lipinski definition) is 11. The van der Waals surface area contributed by atoms with Gasteiger partial charge in [-0.3, -0.25) is 14.5 Å². The summed E-state index contributed by atoms with van der Waals surface area (Å²) < 4.78 is 16.6. The molecule has 0 unspecified atom stereocenters. The molecular weight excluding hydrogens is 554 g/mol. The first-order valence-electron chi connectivity index (χ1n) is 13.5. The van der Waals surface area contributed by atoms with E-state index in [0.717, 1.165) is 25.4 Å². The van der Waals surface area contributed by atoms with Crippen LogP contribution in [0.15, 0.2) is 30.5 Å². The summed E-state index contributed by atoms with van der Waals surface area (Å²) in [5.74, 6) is -3.72. The average molecular weight is 594 g/mol. The number of aliphatic hydroxyl groups is 2. The fourth-order valence-electron chi connectivity index (χ4n) is 4.30. The zero-order chi connectivity index (χ0) is 31.3. The van der Waals surface area contributed by atoms with Gasteiger partial charge in [0.1, 0.15) is 5.75 Å². The summed E-state index contributed by atoms with van der Waals surface area (Å²) in [4.78, 5) is 41.4. The molecule has 0 saturated carbocycles. The number of nitrogens with zero attached hydrogens (tertiary/aromatic N) is 3. The Bertz CT molecular complexity index is 1170. The van der Waals surface area contributed by atoms with Gasteiger partial charge in [0.2, 0.25) is 5.88 Å². The van der Waals surface area contributed by atoms with Crippen LogP contribution in [0, 0.1) is 0 Å². The van der Waals surface area contributed by atoms with Crippen molar-refractivity contribution in [1.29, 1.82) is 0 Å². The molecule has 5 N–H and O–H groups in total. The van der Waals surface area contributed by atoms with Crippen LogP contribution in [0.25, 0.3) is 0 Å². The quantitative estimate of drug-likeness (QED) is 0.212. The van der Waals surface area contributed by atoms with Crippen LogP contribution in [0.1, 0.15) is 57.6 Å². The number of ether oxygens (including phenoxy) is 3. The maximum atomic E-state index is 11.3. The third-order valence-corrected chi connectivity index (χ3v) is 6.40. The molecule has 0 atom stereocenters. The highest BCUT2D eigenvalue weighted by molar-refractivity contribution is 5.88. The number of aliphatic carboxylic acids is 3. The number of piperidine rings is 1. The van der Waals surface area contributed by atoms with E-state index in [1.54, 1.807) is 6.20 Å². The van der Waals surface area contributed by atoms with Crippen LogP contribution >= 0.6 is 0 Å². The van der Waals surface area contributed by atoms with Gasteiger partial charge in [0.15, 0.2) is 5.60 Å². The minimum atomic E-state index is -2.74. The van der Waals surface area contributed by atoms with Crippen molar-refractivity contribution < 1.29 is 54.1 Å². The molecule has 2 heterocycles. The Morgan fingerprint density at radius 3 is 1.93 bits per heavy atom. The van der Waals surface area contributed by atoms with Gasteiger partial charge in [-0.15, -0.1) is 0 Å². The first-order chi connectivity index (χ1) is 19.9. The summed E-state index contributed by atoms with van der Waals surface area (Å²) in [6, 6.07) is 8.48. The Morgan fingerprint density at radius 1 is 0.905 bits per heavy atom. The van der Waals surface area contributed by atoms with Gasteiger partial charge in [-0.2, -0.15) is 4.98 Å². The van der Waals surface area contributed by atoms with Crippen molar-refractivity contribution in [3.63, 3.8) is 0 Å². The van der Waals surface area contributed by atoms with Crippen molar-refractivity contribution in [3.8, 4) is 17.6 Å². The third kappa shape index (κ3) is 10.1. The van der Waals surface area contributed by atoms with E-state index >= 15 is 0 Å². The van der Waals surface area contributed by atoms with Gasteiger partial charge in [-0.25, -0.2) is 9.78 Å². The molecule has 0 radical (unpaired) electrons. The van der Waals surface area contributed by atoms with Gasteiger partial charge >= 0.3 is 23.9 Å². The molecule has 0 spiro atoms. The Labute approximate surface area is 243 Å². The molecule has 1 aliphatic rings. The summed E-state index contributed by atoms with van der Waals surface area (Å²) in [6.07, 6.45) is 0.553. The number of likely N-dealkylation sites (tertiary alicyclic amines) is 1. The normalized spacial score (nSPS) is 14.7. The van der Waals surface area contributed by atoms with E-state index in [1.807, 2.05) is 32.9 Å². The number of carboxylic acid groups (broad SMARTS) is 3. The Kier molecular flexibility index (Phi) is 12.9. The standard InChI is InChI=1S/C22H31N3O4.C6H8O7/c1-4-27-18-9-7-17(8-10-18)16-25-13-11-22(26,12-14-25)19-15-23-21(29-6-3)24-20(19)28-5-2;7-3(8)1-6(13,5(11)12)2-4(9)10/h7-10,15,26H,4-6,11-14,16H2,1-3H3;13H,1-2H2,(H,7,8)(H,9,10)(H,11,12). The molecule has 0 bridgehead atoms. The monoisotopic (exact) mass is 593 g/mol. The van der Waals surface area contributed by atoms with E-state index in [4.69, 9.17) is 34.6 Å². The highest BCUT2D eigenvalue weighted by atomic mass is 16.5. The largest absolute Gasteiger partial charge is 0.494 e. The Balaban J connectivity index is 0.000000401. The van der Waals surface area contributed by atoms with Crippen molar-refractivity contribution in [3.05, 3.63) is 41.6 Å². The predicted molar refractivity (Wildman–Crippen MR) is 147 cm³/mol. The zero-order valence-electron chi connectivity index (χ0n) is 24.0. The Morgan fingerprint density at radius 2 is 1.45 bits per heavy atom. The van der Waals surface area contributed by atoms with Gasteiger partial charge in [0, 0.05) is 25.8 Å². The second-order valence-corrected chi connectivity index (χ2v) is 9.60. The molecular formula is C28H39N3O11. The predicted octanol–water partition coefficient (Wildman–Crippen LogP) is 1.91. The molecule has 232 valence electrons. The number of carboxylic acids is 3.